The van der Waals surface area contributed by atoms with Gasteiger partial charge in [-0.05, 0) is 24.8 Å². The average molecular weight is 151 g/mol. The van der Waals surface area contributed by atoms with E-state index < -0.39 is 0 Å². The van der Waals surface area contributed by atoms with Crippen LogP contribution in [0.1, 0.15) is 19.3 Å². The van der Waals surface area contributed by atoms with Gasteiger partial charge in [0.2, 0.25) is 0 Å². The summed E-state index contributed by atoms with van der Waals surface area (Å²) in [4.78, 5) is 0. The number of nitrogens with two attached hydrogens (primary N) is 1. The molecule has 0 aromatic carbocycles. The van der Waals surface area contributed by atoms with Crippen molar-refractivity contribution >= 4 is 5.82 Å². The fourth-order valence-electron chi connectivity index (χ4n) is 1.42. The van der Waals surface area contributed by atoms with Gasteiger partial charge in [0, 0.05) is 12.7 Å². The molecule has 0 bridgehead atoms. The fourth-order valence-corrected chi connectivity index (χ4v) is 1.42. The highest BCUT2D eigenvalue weighted by Gasteiger charge is 2.17. The maximum Gasteiger partial charge on any atom is 0.145 e. The molecule has 1 aliphatic carbocycles. The lowest BCUT2D eigenvalue weighted by atomic mass is 9.85. The molecule has 1 aromatic heterocycles. The van der Waals surface area contributed by atoms with E-state index in [4.69, 9.17) is 5.73 Å². The minimum Gasteiger partial charge on any atom is -0.382 e. The maximum absolute atomic E-state index is 5.48. The first-order valence-corrected chi connectivity index (χ1v) is 4.13. The van der Waals surface area contributed by atoms with Crippen LogP contribution in [-0.4, -0.2) is 9.78 Å². The molecule has 3 heteroatoms. The fraction of sp³-hybridized carbons (Fsp3) is 0.625. The van der Waals surface area contributed by atoms with Crippen LogP contribution >= 0.6 is 0 Å². The average Bonchev–Trinajstić information content (AvgIpc) is 2.27. The van der Waals surface area contributed by atoms with Crippen molar-refractivity contribution in [3.63, 3.8) is 0 Å². The Bertz CT molecular complexity index is 237. The summed E-state index contributed by atoms with van der Waals surface area (Å²) in [5, 5.41) is 4.13. The van der Waals surface area contributed by atoms with Gasteiger partial charge in [-0.2, -0.15) is 5.10 Å². The van der Waals surface area contributed by atoms with E-state index in [1.165, 1.54) is 19.3 Å². The lowest BCUT2D eigenvalue weighted by molar-refractivity contribution is 0.267. The van der Waals surface area contributed by atoms with E-state index in [1.54, 1.807) is 0 Å². The maximum atomic E-state index is 5.48. The second kappa shape index (κ2) is 2.57. The van der Waals surface area contributed by atoms with E-state index in [0.29, 0.717) is 5.82 Å². The lowest BCUT2D eigenvalue weighted by Crippen LogP contribution is -2.18. The molecule has 1 heterocycles. The van der Waals surface area contributed by atoms with Crippen molar-refractivity contribution in [2.75, 3.05) is 5.73 Å². The number of rotatable bonds is 2. The molecule has 0 unspecified atom stereocenters. The molecule has 0 atom stereocenters. The van der Waals surface area contributed by atoms with Gasteiger partial charge in [-0.3, -0.25) is 4.68 Å². The van der Waals surface area contributed by atoms with E-state index in [9.17, 15) is 0 Å². The van der Waals surface area contributed by atoms with Gasteiger partial charge in [-0.25, -0.2) is 0 Å². The Morgan fingerprint density at radius 2 is 2.45 bits per heavy atom. The molecule has 1 aliphatic rings. The number of nitrogens with zero attached hydrogens (tertiary/aromatic N) is 2. The quantitative estimate of drug-likeness (QED) is 0.691. The summed E-state index contributed by atoms with van der Waals surface area (Å²) in [6.07, 6.45) is 6.06. The van der Waals surface area contributed by atoms with Crippen LogP contribution < -0.4 is 5.73 Å². The van der Waals surface area contributed by atoms with Gasteiger partial charge in [-0.1, -0.05) is 6.42 Å². The third-order valence-corrected chi connectivity index (χ3v) is 2.33. The predicted octanol–water partition coefficient (Wildman–Crippen LogP) is 1.27. The molecule has 0 spiro atoms. The summed E-state index contributed by atoms with van der Waals surface area (Å²) in [5.74, 6) is 1.48. The van der Waals surface area contributed by atoms with Crippen molar-refractivity contribution in [3.05, 3.63) is 12.3 Å². The number of aromatic nitrogens is 2. The molecule has 3 nitrogen and oxygen atoms in total. The zero-order chi connectivity index (χ0) is 7.68. The summed E-state index contributed by atoms with van der Waals surface area (Å²) >= 11 is 0. The van der Waals surface area contributed by atoms with E-state index in [2.05, 4.69) is 5.10 Å². The van der Waals surface area contributed by atoms with Crippen molar-refractivity contribution in [3.8, 4) is 0 Å². The summed E-state index contributed by atoms with van der Waals surface area (Å²) in [5.41, 5.74) is 5.48. The van der Waals surface area contributed by atoms with E-state index in [0.717, 1.165) is 12.5 Å². The second-order valence-corrected chi connectivity index (χ2v) is 3.26. The zero-order valence-electron chi connectivity index (χ0n) is 6.53. The zero-order valence-corrected chi connectivity index (χ0v) is 6.53. The first-order chi connectivity index (χ1) is 5.34. The molecular weight excluding hydrogens is 138 g/mol. The molecule has 0 amide bonds. The van der Waals surface area contributed by atoms with Gasteiger partial charge >= 0.3 is 0 Å². The molecule has 11 heavy (non-hydrogen) atoms. The van der Waals surface area contributed by atoms with E-state index in [1.807, 2.05) is 16.9 Å². The predicted molar refractivity (Wildman–Crippen MR) is 44.0 cm³/mol. The van der Waals surface area contributed by atoms with Crippen molar-refractivity contribution < 1.29 is 0 Å². The van der Waals surface area contributed by atoms with Gasteiger partial charge in [-0.15, -0.1) is 0 Å². The molecule has 60 valence electrons. The number of nitrogen functional groups attached to an aromatic ring is 1. The largest absolute Gasteiger partial charge is 0.382 e. The van der Waals surface area contributed by atoms with E-state index in [-0.39, 0.29) is 0 Å². The Morgan fingerprint density at radius 3 is 2.91 bits per heavy atom. The van der Waals surface area contributed by atoms with Crippen LogP contribution in [-0.2, 0) is 6.54 Å². The smallest absolute Gasteiger partial charge is 0.145 e. The summed E-state index contributed by atoms with van der Waals surface area (Å²) in [7, 11) is 0. The van der Waals surface area contributed by atoms with Gasteiger partial charge in [0.1, 0.15) is 5.82 Å². The molecule has 2 rings (SSSR count). The first kappa shape index (κ1) is 6.70. The standard InChI is InChI=1S/C8H13N3/c9-8-4-5-11(10-8)6-7-2-1-3-7/h4-5,7H,1-3,6H2,(H2,9,10). The Hall–Kier alpha value is -0.990. The van der Waals surface area contributed by atoms with Crippen LogP contribution in [0.2, 0.25) is 0 Å². The third-order valence-electron chi connectivity index (χ3n) is 2.33. The Morgan fingerprint density at radius 1 is 1.64 bits per heavy atom. The molecule has 0 aliphatic heterocycles. The van der Waals surface area contributed by atoms with Crippen LogP contribution in [0.15, 0.2) is 12.3 Å². The van der Waals surface area contributed by atoms with Crippen LogP contribution in [0.3, 0.4) is 0 Å². The third kappa shape index (κ3) is 1.37. The molecule has 1 aromatic rings. The lowest BCUT2D eigenvalue weighted by Gasteiger charge is -2.24. The van der Waals surface area contributed by atoms with E-state index >= 15 is 0 Å². The SMILES string of the molecule is Nc1ccn(CC2CCC2)n1. The highest BCUT2D eigenvalue weighted by atomic mass is 15.3. The molecule has 0 radical (unpaired) electrons. The summed E-state index contributed by atoms with van der Waals surface area (Å²) in [6.45, 7) is 1.05. The molecule has 2 N–H and O–H groups in total. The molecule has 1 saturated carbocycles. The van der Waals surface area contributed by atoms with Gasteiger partial charge < -0.3 is 5.73 Å². The topological polar surface area (TPSA) is 43.8 Å². The van der Waals surface area contributed by atoms with Crippen molar-refractivity contribution in [1.82, 2.24) is 9.78 Å². The van der Waals surface area contributed by atoms with Crippen LogP contribution in [0.4, 0.5) is 5.82 Å². The highest BCUT2D eigenvalue weighted by Crippen LogP contribution is 2.27. The number of hydrogen-bond acceptors (Lipinski definition) is 2. The molecule has 1 fully saturated rings. The second-order valence-electron chi connectivity index (χ2n) is 3.26. The van der Waals surface area contributed by atoms with Gasteiger partial charge in [0.15, 0.2) is 0 Å². The monoisotopic (exact) mass is 151 g/mol. The number of hydrogen-bond donors (Lipinski definition) is 1. The number of anilines is 1. The summed E-state index contributed by atoms with van der Waals surface area (Å²) in [6, 6.07) is 1.85. The van der Waals surface area contributed by atoms with Gasteiger partial charge in [0.05, 0.1) is 0 Å². The normalized spacial score (nSPS) is 18.2. The summed E-state index contributed by atoms with van der Waals surface area (Å²) < 4.78 is 1.94. The Kier molecular flexibility index (Phi) is 1.56. The van der Waals surface area contributed by atoms with Crippen molar-refractivity contribution in [2.45, 2.75) is 25.8 Å². The van der Waals surface area contributed by atoms with Gasteiger partial charge in [0.25, 0.3) is 0 Å². The molecular formula is C8H13N3. The van der Waals surface area contributed by atoms with Crippen LogP contribution in [0, 0.1) is 5.92 Å². The Labute approximate surface area is 66.2 Å². The first-order valence-electron chi connectivity index (χ1n) is 4.13. The van der Waals surface area contributed by atoms with Crippen molar-refractivity contribution in [1.29, 1.82) is 0 Å². The highest BCUT2D eigenvalue weighted by molar-refractivity contribution is 5.23. The van der Waals surface area contributed by atoms with Crippen LogP contribution in [0.5, 0.6) is 0 Å². The Balaban J connectivity index is 1.95. The van der Waals surface area contributed by atoms with Crippen LogP contribution in [0.25, 0.3) is 0 Å². The minimum atomic E-state index is 0.629. The molecule has 0 saturated heterocycles. The minimum absolute atomic E-state index is 0.629. The van der Waals surface area contributed by atoms with Crippen molar-refractivity contribution in [2.24, 2.45) is 5.92 Å².